The van der Waals surface area contributed by atoms with Crippen LogP contribution < -0.4 is 0 Å². The van der Waals surface area contributed by atoms with Crippen molar-refractivity contribution < 1.29 is 4.79 Å². The first-order valence-electron chi connectivity index (χ1n) is 6.33. The van der Waals surface area contributed by atoms with Crippen LogP contribution >= 0.6 is 0 Å². The van der Waals surface area contributed by atoms with E-state index in [-0.39, 0.29) is 5.54 Å². The summed E-state index contributed by atoms with van der Waals surface area (Å²) in [6.07, 6.45) is 4.71. The van der Waals surface area contributed by atoms with E-state index < -0.39 is 0 Å². The fraction of sp³-hybridized carbons (Fsp3) is 0.923. The molecular formula is C13H25NO. The first-order valence-corrected chi connectivity index (χ1v) is 6.33. The Balaban J connectivity index is 2.69. The van der Waals surface area contributed by atoms with Crippen LogP contribution in [0.25, 0.3) is 0 Å². The van der Waals surface area contributed by atoms with Gasteiger partial charge in [-0.2, -0.15) is 0 Å². The number of nitrogens with zero attached hydrogens (tertiary/aromatic N) is 1. The fourth-order valence-corrected chi connectivity index (χ4v) is 2.86. The molecule has 0 aliphatic heterocycles. The molecule has 88 valence electrons. The molecule has 1 fully saturated rings. The van der Waals surface area contributed by atoms with Crippen LogP contribution in [0.5, 0.6) is 0 Å². The second-order valence-electron chi connectivity index (χ2n) is 5.08. The van der Waals surface area contributed by atoms with Gasteiger partial charge in [-0.25, -0.2) is 0 Å². The van der Waals surface area contributed by atoms with E-state index in [1.165, 1.54) is 12.8 Å². The maximum Gasteiger partial charge on any atom is 0.155 e. The molecule has 2 nitrogen and oxygen atoms in total. The predicted molar refractivity (Wildman–Crippen MR) is 64.0 cm³/mol. The van der Waals surface area contributed by atoms with Gasteiger partial charge in [0.2, 0.25) is 0 Å². The van der Waals surface area contributed by atoms with Gasteiger partial charge in [-0.15, -0.1) is 0 Å². The molecule has 15 heavy (non-hydrogen) atoms. The average Bonchev–Trinajstić information content (AvgIpc) is 2.70. The number of rotatable bonds is 5. The molecule has 0 aromatic heterocycles. The molecule has 0 spiro atoms. The van der Waals surface area contributed by atoms with Gasteiger partial charge in [0.15, 0.2) is 5.78 Å². The quantitative estimate of drug-likeness (QED) is 0.697. The van der Waals surface area contributed by atoms with E-state index in [4.69, 9.17) is 0 Å². The molecule has 0 aromatic rings. The van der Waals surface area contributed by atoms with Crippen LogP contribution in [0.15, 0.2) is 0 Å². The Bertz CT molecular complexity index is 213. The van der Waals surface area contributed by atoms with E-state index >= 15 is 0 Å². The fourth-order valence-electron chi connectivity index (χ4n) is 2.86. The number of carbonyl (C=O) groups is 1. The van der Waals surface area contributed by atoms with Gasteiger partial charge in [0, 0.05) is 5.92 Å². The Hall–Kier alpha value is -0.370. The van der Waals surface area contributed by atoms with E-state index in [2.05, 4.69) is 32.6 Å². The molecule has 0 atom stereocenters. The van der Waals surface area contributed by atoms with Crippen LogP contribution in [-0.4, -0.2) is 29.3 Å². The highest BCUT2D eigenvalue weighted by molar-refractivity contribution is 5.89. The van der Waals surface area contributed by atoms with E-state index in [1.54, 1.807) is 0 Å². The minimum atomic E-state index is -0.265. The topological polar surface area (TPSA) is 20.3 Å². The molecule has 2 heteroatoms. The Morgan fingerprint density at radius 1 is 1.20 bits per heavy atom. The summed E-state index contributed by atoms with van der Waals surface area (Å²) in [6.45, 7) is 10.4. The van der Waals surface area contributed by atoms with Gasteiger partial charge in [-0.3, -0.25) is 9.69 Å². The van der Waals surface area contributed by atoms with Crippen molar-refractivity contribution in [2.75, 3.05) is 13.1 Å². The molecule has 1 aliphatic rings. The van der Waals surface area contributed by atoms with Crippen LogP contribution in [0.2, 0.25) is 0 Å². The Morgan fingerprint density at radius 2 is 1.67 bits per heavy atom. The molecule has 1 aliphatic carbocycles. The molecule has 0 bridgehead atoms. The summed E-state index contributed by atoms with van der Waals surface area (Å²) in [7, 11) is 0. The normalized spacial score (nSPS) is 18.7. The maximum absolute atomic E-state index is 12.4. The van der Waals surface area contributed by atoms with E-state index in [1.807, 2.05) is 0 Å². The van der Waals surface area contributed by atoms with Crippen LogP contribution in [0.4, 0.5) is 0 Å². The molecule has 0 unspecified atom stereocenters. The lowest BCUT2D eigenvalue weighted by Gasteiger charge is -2.37. The van der Waals surface area contributed by atoms with Crippen LogP contribution in [0.3, 0.4) is 0 Å². The second kappa shape index (κ2) is 5.11. The largest absolute Gasteiger partial charge is 0.297 e. The highest BCUT2D eigenvalue weighted by Gasteiger charge is 2.38. The third-order valence-electron chi connectivity index (χ3n) is 3.88. The second-order valence-corrected chi connectivity index (χ2v) is 5.08. The standard InChI is InChI=1S/C13H25NO/c1-5-14(6-2)13(3,4)12(15)11-9-7-8-10-11/h11H,5-10H2,1-4H3. The zero-order valence-corrected chi connectivity index (χ0v) is 10.7. The van der Waals surface area contributed by atoms with Gasteiger partial charge < -0.3 is 0 Å². The summed E-state index contributed by atoms with van der Waals surface area (Å²) in [5.41, 5.74) is -0.265. The van der Waals surface area contributed by atoms with Gasteiger partial charge in [0.1, 0.15) is 0 Å². The minimum Gasteiger partial charge on any atom is -0.297 e. The van der Waals surface area contributed by atoms with Crippen molar-refractivity contribution >= 4 is 5.78 Å². The Morgan fingerprint density at radius 3 is 2.07 bits per heavy atom. The zero-order valence-electron chi connectivity index (χ0n) is 10.7. The first-order chi connectivity index (χ1) is 7.04. The lowest BCUT2D eigenvalue weighted by Crippen LogP contribution is -2.51. The average molecular weight is 211 g/mol. The van der Waals surface area contributed by atoms with E-state index in [0.29, 0.717) is 11.7 Å². The van der Waals surface area contributed by atoms with Gasteiger partial charge in [-0.1, -0.05) is 26.7 Å². The van der Waals surface area contributed by atoms with Crippen molar-refractivity contribution in [3.05, 3.63) is 0 Å². The molecular weight excluding hydrogens is 186 g/mol. The SMILES string of the molecule is CCN(CC)C(C)(C)C(=O)C1CCCC1. The van der Waals surface area contributed by atoms with E-state index in [0.717, 1.165) is 25.9 Å². The molecule has 0 saturated heterocycles. The lowest BCUT2D eigenvalue weighted by molar-refractivity contribution is -0.133. The van der Waals surface area contributed by atoms with Gasteiger partial charge in [-0.05, 0) is 39.8 Å². The summed E-state index contributed by atoms with van der Waals surface area (Å²) in [5, 5.41) is 0. The summed E-state index contributed by atoms with van der Waals surface area (Å²) in [4.78, 5) is 14.7. The van der Waals surface area contributed by atoms with Crippen LogP contribution in [0, 0.1) is 5.92 Å². The third-order valence-corrected chi connectivity index (χ3v) is 3.88. The van der Waals surface area contributed by atoms with Crippen LogP contribution in [-0.2, 0) is 4.79 Å². The third kappa shape index (κ3) is 2.60. The minimum absolute atomic E-state index is 0.265. The predicted octanol–water partition coefficient (Wildman–Crippen LogP) is 2.87. The first kappa shape index (κ1) is 12.7. The van der Waals surface area contributed by atoms with Crippen molar-refractivity contribution in [3.8, 4) is 0 Å². The number of ketones is 1. The Labute approximate surface area is 94.0 Å². The van der Waals surface area contributed by atoms with Crippen molar-refractivity contribution in [1.29, 1.82) is 0 Å². The van der Waals surface area contributed by atoms with Gasteiger partial charge in [0.05, 0.1) is 5.54 Å². The van der Waals surface area contributed by atoms with Crippen molar-refractivity contribution in [2.45, 2.75) is 58.9 Å². The summed E-state index contributed by atoms with van der Waals surface area (Å²) in [6, 6.07) is 0. The highest BCUT2D eigenvalue weighted by Crippen LogP contribution is 2.31. The summed E-state index contributed by atoms with van der Waals surface area (Å²) in [5.74, 6) is 0.796. The monoisotopic (exact) mass is 211 g/mol. The van der Waals surface area contributed by atoms with Gasteiger partial charge >= 0.3 is 0 Å². The summed E-state index contributed by atoms with van der Waals surface area (Å²) < 4.78 is 0. The number of likely N-dealkylation sites (N-methyl/N-ethyl adjacent to an activating group) is 1. The van der Waals surface area contributed by atoms with Crippen molar-refractivity contribution in [1.82, 2.24) is 4.90 Å². The van der Waals surface area contributed by atoms with E-state index in [9.17, 15) is 4.79 Å². The summed E-state index contributed by atoms with van der Waals surface area (Å²) >= 11 is 0. The maximum atomic E-state index is 12.4. The number of carbonyl (C=O) groups excluding carboxylic acids is 1. The van der Waals surface area contributed by atoms with Crippen LogP contribution in [0.1, 0.15) is 53.4 Å². The van der Waals surface area contributed by atoms with Gasteiger partial charge in [0.25, 0.3) is 0 Å². The molecule has 0 N–H and O–H groups in total. The molecule has 1 saturated carbocycles. The zero-order chi connectivity index (χ0) is 11.5. The molecule has 0 aromatic carbocycles. The molecule has 1 rings (SSSR count). The van der Waals surface area contributed by atoms with Crippen molar-refractivity contribution in [3.63, 3.8) is 0 Å². The highest BCUT2D eigenvalue weighted by atomic mass is 16.1. The number of Topliss-reactive ketones (excluding diaryl/α,β-unsaturated/α-hetero) is 1. The molecule has 0 heterocycles. The number of hydrogen-bond donors (Lipinski definition) is 0. The molecule has 0 amide bonds. The Kier molecular flexibility index (Phi) is 4.32. The molecule has 0 radical (unpaired) electrons. The lowest BCUT2D eigenvalue weighted by atomic mass is 9.86. The smallest absolute Gasteiger partial charge is 0.155 e. The number of hydrogen-bond acceptors (Lipinski definition) is 2. The van der Waals surface area contributed by atoms with Crippen molar-refractivity contribution in [2.24, 2.45) is 5.92 Å².